The standard InChI is InChI=1S/C38H27NO2/c1-38(2)31-12-6-5-11-29(31)30-22-36-37(23-32(30)38)40-34-19-18-26(21-35(34)41-36)28-10-4-3-9-27(28)24-14-16-25(17-15-24)33-13-7-8-20-39-33/h3-23H,1-2H3. The Morgan fingerprint density at radius 1 is 0.463 bits per heavy atom. The van der Waals surface area contributed by atoms with Crippen molar-refractivity contribution in [2.75, 3.05) is 0 Å². The molecular weight excluding hydrogens is 502 g/mol. The van der Waals surface area contributed by atoms with Gasteiger partial charge in [-0.2, -0.15) is 0 Å². The Kier molecular flexibility index (Phi) is 5.17. The fourth-order valence-corrected chi connectivity index (χ4v) is 6.28. The van der Waals surface area contributed by atoms with E-state index in [-0.39, 0.29) is 5.41 Å². The molecule has 196 valence electrons. The van der Waals surface area contributed by atoms with Crippen molar-refractivity contribution in [2.45, 2.75) is 19.3 Å². The number of aromatic nitrogens is 1. The van der Waals surface area contributed by atoms with E-state index in [4.69, 9.17) is 9.47 Å². The van der Waals surface area contributed by atoms with Crippen LogP contribution in [0.15, 0.2) is 128 Å². The highest BCUT2D eigenvalue weighted by molar-refractivity contribution is 5.86. The molecule has 2 heterocycles. The van der Waals surface area contributed by atoms with Gasteiger partial charge in [0.1, 0.15) is 0 Å². The molecule has 0 bridgehead atoms. The zero-order chi connectivity index (χ0) is 27.6. The van der Waals surface area contributed by atoms with E-state index >= 15 is 0 Å². The highest BCUT2D eigenvalue weighted by Gasteiger charge is 2.37. The van der Waals surface area contributed by atoms with Gasteiger partial charge in [0.05, 0.1) is 5.69 Å². The van der Waals surface area contributed by atoms with E-state index in [1.165, 1.54) is 22.3 Å². The molecule has 0 fully saturated rings. The molecule has 0 radical (unpaired) electrons. The topological polar surface area (TPSA) is 31.4 Å². The molecule has 0 amide bonds. The second-order valence-electron chi connectivity index (χ2n) is 11.2. The highest BCUT2D eigenvalue weighted by Crippen LogP contribution is 2.55. The van der Waals surface area contributed by atoms with Gasteiger partial charge in [0, 0.05) is 17.2 Å². The number of pyridine rings is 1. The van der Waals surface area contributed by atoms with Crippen molar-refractivity contribution in [3.05, 3.63) is 139 Å². The molecule has 3 nitrogen and oxygen atoms in total. The first-order valence-corrected chi connectivity index (χ1v) is 14.0. The van der Waals surface area contributed by atoms with Crippen LogP contribution in [0, 0.1) is 0 Å². The van der Waals surface area contributed by atoms with E-state index in [1.807, 2.05) is 30.5 Å². The summed E-state index contributed by atoms with van der Waals surface area (Å²) in [5.41, 5.74) is 11.6. The van der Waals surface area contributed by atoms with Crippen molar-refractivity contribution < 1.29 is 9.47 Å². The number of hydrogen-bond acceptors (Lipinski definition) is 3. The molecule has 2 aliphatic rings. The number of hydrogen-bond donors (Lipinski definition) is 0. The lowest BCUT2D eigenvalue weighted by Crippen LogP contribution is -2.15. The van der Waals surface area contributed by atoms with Crippen LogP contribution in [0.2, 0.25) is 0 Å². The average Bonchev–Trinajstić information content (AvgIpc) is 3.25. The molecule has 41 heavy (non-hydrogen) atoms. The van der Waals surface area contributed by atoms with Crippen molar-refractivity contribution in [1.29, 1.82) is 0 Å². The first kappa shape index (κ1) is 23.7. The van der Waals surface area contributed by atoms with Crippen LogP contribution < -0.4 is 9.47 Å². The van der Waals surface area contributed by atoms with Crippen LogP contribution >= 0.6 is 0 Å². The van der Waals surface area contributed by atoms with E-state index in [0.29, 0.717) is 0 Å². The third-order valence-corrected chi connectivity index (χ3v) is 8.43. The SMILES string of the molecule is CC1(C)c2ccccc2-c2cc3c(cc21)Oc1ccc(-c2ccccc2-c2ccc(-c4ccccn4)cc2)cc1O3. The third kappa shape index (κ3) is 3.77. The van der Waals surface area contributed by atoms with Crippen molar-refractivity contribution in [3.8, 4) is 67.6 Å². The van der Waals surface area contributed by atoms with Crippen LogP contribution in [-0.4, -0.2) is 4.98 Å². The summed E-state index contributed by atoms with van der Waals surface area (Å²) in [7, 11) is 0. The van der Waals surface area contributed by atoms with Crippen LogP contribution in [0.1, 0.15) is 25.0 Å². The monoisotopic (exact) mass is 529 g/mol. The molecule has 6 aromatic rings. The first-order chi connectivity index (χ1) is 20.1. The lowest BCUT2D eigenvalue weighted by molar-refractivity contribution is 0.359. The summed E-state index contributed by atoms with van der Waals surface area (Å²) in [6.07, 6.45) is 1.83. The Hall–Kier alpha value is -5.15. The summed E-state index contributed by atoms with van der Waals surface area (Å²) >= 11 is 0. The number of benzene rings is 5. The molecule has 0 N–H and O–H groups in total. The van der Waals surface area contributed by atoms with Gasteiger partial charge < -0.3 is 9.47 Å². The quantitative estimate of drug-likeness (QED) is 0.228. The predicted molar refractivity (Wildman–Crippen MR) is 165 cm³/mol. The smallest absolute Gasteiger partial charge is 0.170 e. The molecule has 5 aromatic carbocycles. The van der Waals surface area contributed by atoms with Crippen LogP contribution in [0.3, 0.4) is 0 Å². The lowest BCUT2D eigenvalue weighted by atomic mass is 9.82. The van der Waals surface area contributed by atoms with Crippen LogP contribution in [0.4, 0.5) is 0 Å². The molecule has 8 rings (SSSR count). The van der Waals surface area contributed by atoms with Gasteiger partial charge in [-0.15, -0.1) is 0 Å². The minimum Gasteiger partial charge on any atom is -0.450 e. The number of nitrogens with zero attached hydrogens (tertiary/aromatic N) is 1. The first-order valence-electron chi connectivity index (χ1n) is 14.0. The molecule has 3 heteroatoms. The van der Waals surface area contributed by atoms with Gasteiger partial charge in [0.15, 0.2) is 23.0 Å². The van der Waals surface area contributed by atoms with Crippen LogP contribution in [0.5, 0.6) is 23.0 Å². The maximum absolute atomic E-state index is 6.53. The summed E-state index contributed by atoms with van der Waals surface area (Å²) in [6.45, 7) is 4.55. The van der Waals surface area contributed by atoms with Crippen molar-refractivity contribution in [1.82, 2.24) is 4.98 Å². The van der Waals surface area contributed by atoms with Gasteiger partial charge in [0.25, 0.3) is 0 Å². The highest BCUT2D eigenvalue weighted by atomic mass is 16.6. The summed E-state index contributed by atoms with van der Waals surface area (Å²) in [6, 6.07) is 42.2. The minimum absolute atomic E-state index is 0.0893. The molecule has 0 saturated heterocycles. The van der Waals surface area contributed by atoms with E-state index in [1.54, 1.807) is 0 Å². The van der Waals surface area contributed by atoms with E-state index in [2.05, 4.69) is 116 Å². The summed E-state index contributed by atoms with van der Waals surface area (Å²) in [5.74, 6) is 2.96. The van der Waals surface area contributed by atoms with Crippen molar-refractivity contribution >= 4 is 0 Å². The Morgan fingerprint density at radius 3 is 1.85 bits per heavy atom. The normalized spacial score (nSPS) is 13.7. The Bertz CT molecular complexity index is 1960. The zero-order valence-corrected chi connectivity index (χ0v) is 22.9. The van der Waals surface area contributed by atoms with E-state index in [0.717, 1.165) is 56.5 Å². The molecule has 0 spiro atoms. The number of ether oxygens (including phenoxy) is 2. The Balaban J connectivity index is 1.15. The van der Waals surface area contributed by atoms with Crippen molar-refractivity contribution in [3.63, 3.8) is 0 Å². The molecule has 0 atom stereocenters. The number of fused-ring (bicyclic) bond motifs is 5. The molecular formula is C38H27NO2. The van der Waals surface area contributed by atoms with Gasteiger partial charge in [-0.25, -0.2) is 0 Å². The maximum atomic E-state index is 6.53. The second-order valence-corrected chi connectivity index (χ2v) is 11.2. The largest absolute Gasteiger partial charge is 0.450 e. The predicted octanol–water partition coefficient (Wildman–Crippen LogP) is 10.3. The van der Waals surface area contributed by atoms with Crippen LogP contribution in [0.25, 0.3) is 44.6 Å². The molecule has 0 unspecified atom stereocenters. The molecule has 1 aliphatic heterocycles. The molecule has 1 aliphatic carbocycles. The average molecular weight is 530 g/mol. The van der Waals surface area contributed by atoms with Crippen LogP contribution in [-0.2, 0) is 5.41 Å². The maximum Gasteiger partial charge on any atom is 0.170 e. The van der Waals surface area contributed by atoms with E-state index in [9.17, 15) is 0 Å². The van der Waals surface area contributed by atoms with Gasteiger partial charge >= 0.3 is 0 Å². The zero-order valence-electron chi connectivity index (χ0n) is 22.9. The van der Waals surface area contributed by atoms with Crippen molar-refractivity contribution in [2.24, 2.45) is 0 Å². The third-order valence-electron chi connectivity index (χ3n) is 8.43. The molecule has 0 saturated carbocycles. The minimum atomic E-state index is -0.0893. The fraction of sp³-hybridized carbons (Fsp3) is 0.0789. The van der Waals surface area contributed by atoms with Gasteiger partial charge in [-0.3, -0.25) is 4.98 Å². The Morgan fingerprint density at radius 2 is 1.07 bits per heavy atom. The number of rotatable bonds is 3. The summed E-state index contributed by atoms with van der Waals surface area (Å²) in [5, 5.41) is 0. The van der Waals surface area contributed by atoms with Gasteiger partial charge in [0.2, 0.25) is 0 Å². The lowest BCUT2D eigenvalue weighted by Gasteiger charge is -2.25. The molecule has 1 aromatic heterocycles. The van der Waals surface area contributed by atoms with Gasteiger partial charge in [-0.05, 0) is 80.9 Å². The van der Waals surface area contributed by atoms with Gasteiger partial charge in [-0.1, -0.05) is 98.8 Å². The summed E-state index contributed by atoms with van der Waals surface area (Å²) < 4.78 is 13.0. The second kappa shape index (κ2) is 8.94. The Labute approximate surface area is 239 Å². The fourth-order valence-electron chi connectivity index (χ4n) is 6.28. The van der Waals surface area contributed by atoms with E-state index < -0.39 is 0 Å². The summed E-state index contributed by atoms with van der Waals surface area (Å²) in [4.78, 5) is 4.49.